The molecule has 14 heavy (non-hydrogen) atoms. The number of rotatable bonds is 2. The Bertz CT molecular complexity index is 350. The summed E-state index contributed by atoms with van der Waals surface area (Å²) in [5.41, 5.74) is 5.69. The van der Waals surface area contributed by atoms with Crippen LogP contribution in [0.1, 0.15) is 24.2 Å². The molecule has 1 rings (SSSR count). The van der Waals surface area contributed by atoms with E-state index in [4.69, 9.17) is 5.73 Å². The molecule has 0 aromatic heterocycles. The van der Waals surface area contributed by atoms with Gasteiger partial charge in [0.1, 0.15) is 5.82 Å². The van der Waals surface area contributed by atoms with Crippen molar-refractivity contribution in [2.75, 3.05) is 5.73 Å². The number of carbonyl (C=O) groups excluding carboxylic acids is 1. The molecule has 0 heterocycles. The molecular weight excluding hydrogens is 183 g/mol. The number of nitrogens with two attached hydrogens (primary N) is 1. The maximum atomic E-state index is 12.8. The summed E-state index contributed by atoms with van der Waals surface area (Å²) in [6.07, 6.45) is 0. The molecule has 3 nitrogen and oxygen atoms in total. The van der Waals surface area contributed by atoms with Gasteiger partial charge in [-0.3, -0.25) is 4.79 Å². The monoisotopic (exact) mass is 196 g/mol. The highest BCUT2D eigenvalue weighted by molar-refractivity contribution is 5.95. The molecule has 1 aromatic rings. The van der Waals surface area contributed by atoms with Crippen LogP contribution in [0.15, 0.2) is 18.2 Å². The average molecular weight is 196 g/mol. The number of nitrogens with one attached hydrogen (secondary N) is 1. The van der Waals surface area contributed by atoms with Gasteiger partial charge in [-0.15, -0.1) is 0 Å². The normalized spacial score (nSPS) is 10.3. The second-order valence-electron chi connectivity index (χ2n) is 3.36. The summed E-state index contributed by atoms with van der Waals surface area (Å²) < 4.78 is 12.8. The lowest BCUT2D eigenvalue weighted by Crippen LogP contribution is -2.30. The first-order chi connectivity index (χ1) is 6.50. The Balaban J connectivity index is 2.86. The molecule has 0 saturated heterocycles. The average Bonchev–Trinajstić information content (AvgIpc) is 2.08. The van der Waals surface area contributed by atoms with Gasteiger partial charge in [0.15, 0.2) is 0 Å². The van der Waals surface area contributed by atoms with Gasteiger partial charge in [-0.1, -0.05) is 0 Å². The van der Waals surface area contributed by atoms with Crippen molar-refractivity contribution in [2.24, 2.45) is 0 Å². The maximum absolute atomic E-state index is 12.8. The molecule has 0 bridgehead atoms. The number of hydrogen-bond acceptors (Lipinski definition) is 2. The summed E-state index contributed by atoms with van der Waals surface area (Å²) >= 11 is 0. The van der Waals surface area contributed by atoms with Gasteiger partial charge in [0.25, 0.3) is 5.91 Å². The molecule has 76 valence electrons. The molecule has 0 spiro atoms. The van der Waals surface area contributed by atoms with Crippen LogP contribution in [0.4, 0.5) is 10.1 Å². The number of amides is 1. The van der Waals surface area contributed by atoms with E-state index in [0.717, 1.165) is 0 Å². The van der Waals surface area contributed by atoms with E-state index >= 15 is 0 Å². The number of halogens is 1. The molecular formula is C10H13FN2O. The molecule has 0 unspecified atom stereocenters. The molecule has 3 N–H and O–H groups in total. The lowest BCUT2D eigenvalue weighted by molar-refractivity contribution is 0.0943. The lowest BCUT2D eigenvalue weighted by atomic mass is 10.2. The van der Waals surface area contributed by atoms with E-state index in [0.29, 0.717) is 5.56 Å². The van der Waals surface area contributed by atoms with Crippen LogP contribution in [0, 0.1) is 5.82 Å². The summed E-state index contributed by atoms with van der Waals surface area (Å²) in [5, 5.41) is 2.69. The lowest BCUT2D eigenvalue weighted by Gasteiger charge is -2.08. The summed E-state index contributed by atoms with van der Waals surface area (Å²) in [4.78, 5) is 11.4. The largest absolute Gasteiger partial charge is 0.396 e. The fourth-order valence-corrected chi connectivity index (χ4v) is 1.03. The number of nitrogen functional groups attached to an aromatic ring is 1. The van der Waals surface area contributed by atoms with Gasteiger partial charge >= 0.3 is 0 Å². The van der Waals surface area contributed by atoms with Gasteiger partial charge in [-0.25, -0.2) is 4.39 Å². The maximum Gasteiger partial charge on any atom is 0.251 e. The van der Waals surface area contributed by atoms with Crippen LogP contribution in [0.5, 0.6) is 0 Å². The van der Waals surface area contributed by atoms with Gasteiger partial charge in [0, 0.05) is 11.6 Å². The van der Waals surface area contributed by atoms with Crippen LogP contribution in [0.25, 0.3) is 0 Å². The van der Waals surface area contributed by atoms with Crippen molar-refractivity contribution in [3.05, 3.63) is 29.6 Å². The molecule has 0 radical (unpaired) electrons. The SMILES string of the molecule is CC(C)NC(=O)c1ccc(F)c(N)c1. The zero-order chi connectivity index (χ0) is 10.7. The van der Waals surface area contributed by atoms with Crippen LogP contribution >= 0.6 is 0 Å². The topological polar surface area (TPSA) is 55.1 Å². The molecule has 0 aliphatic rings. The molecule has 0 aliphatic heterocycles. The van der Waals surface area contributed by atoms with Crippen LogP contribution < -0.4 is 11.1 Å². The van der Waals surface area contributed by atoms with Gasteiger partial charge in [-0.2, -0.15) is 0 Å². The third-order valence-electron chi connectivity index (χ3n) is 1.68. The molecule has 0 saturated carbocycles. The van der Waals surface area contributed by atoms with Crippen molar-refractivity contribution in [3.63, 3.8) is 0 Å². The first-order valence-electron chi connectivity index (χ1n) is 4.36. The standard InChI is InChI=1S/C10H13FN2O/c1-6(2)13-10(14)7-3-4-8(11)9(12)5-7/h3-6H,12H2,1-2H3,(H,13,14). The molecule has 1 aromatic carbocycles. The second-order valence-corrected chi connectivity index (χ2v) is 3.36. The summed E-state index contributed by atoms with van der Waals surface area (Å²) in [6, 6.07) is 3.97. The minimum atomic E-state index is -0.508. The summed E-state index contributed by atoms with van der Waals surface area (Å²) in [7, 11) is 0. The van der Waals surface area contributed by atoms with Gasteiger partial charge in [-0.05, 0) is 32.0 Å². The van der Waals surface area contributed by atoms with E-state index < -0.39 is 5.82 Å². The minimum Gasteiger partial charge on any atom is -0.396 e. The highest BCUT2D eigenvalue weighted by Crippen LogP contribution is 2.12. The highest BCUT2D eigenvalue weighted by atomic mass is 19.1. The first-order valence-corrected chi connectivity index (χ1v) is 4.36. The smallest absolute Gasteiger partial charge is 0.251 e. The molecule has 1 amide bonds. The van der Waals surface area contributed by atoms with Crippen LogP contribution in [0.3, 0.4) is 0 Å². The zero-order valence-corrected chi connectivity index (χ0v) is 8.17. The van der Waals surface area contributed by atoms with E-state index in [9.17, 15) is 9.18 Å². The van der Waals surface area contributed by atoms with Crippen molar-refractivity contribution in [1.82, 2.24) is 5.32 Å². The Hall–Kier alpha value is -1.58. The van der Waals surface area contributed by atoms with E-state index in [1.54, 1.807) is 0 Å². The fourth-order valence-electron chi connectivity index (χ4n) is 1.03. The van der Waals surface area contributed by atoms with E-state index in [-0.39, 0.29) is 17.6 Å². The summed E-state index contributed by atoms with van der Waals surface area (Å²) in [5.74, 6) is -0.752. The number of anilines is 1. The number of benzene rings is 1. The Morgan fingerprint density at radius 1 is 1.50 bits per heavy atom. The summed E-state index contributed by atoms with van der Waals surface area (Å²) in [6.45, 7) is 3.70. The minimum absolute atomic E-state index is 0.0126. The third kappa shape index (κ3) is 2.45. The van der Waals surface area contributed by atoms with E-state index in [1.807, 2.05) is 13.8 Å². The van der Waals surface area contributed by atoms with Crippen LogP contribution in [-0.4, -0.2) is 11.9 Å². The number of hydrogen-bond donors (Lipinski definition) is 2. The van der Waals surface area contributed by atoms with Crippen LogP contribution in [0.2, 0.25) is 0 Å². The van der Waals surface area contributed by atoms with E-state index in [1.165, 1.54) is 18.2 Å². The van der Waals surface area contributed by atoms with Gasteiger partial charge in [0.05, 0.1) is 5.69 Å². The quantitative estimate of drug-likeness (QED) is 0.705. The Kier molecular flexibility index (Phi) is 3.06. The molecule has 0 fully saturated rings. The molecule has 4 heteroatoms. The Labute approximate surface area is 82.1 Å². The van der Waals surface area contributed by atoms with Crippen molar-refractivity contribution < 1.29 is 9.18 Å². The van der Waals surface area contributed by atoms with Crippen molar-refractivity contribution in [1.29, 1.82) is 0 Å². The fraction of sp³-hybridized carbons (Fsp3) is 0.300. The van der Waals surface area contributed by atoms with Gasteiger partial charge < -0.3 is 11.1 Å². The van der Waals surface area contributed by atoms with Crippen molar-refractivity contribution in [2.45, 2.75) is 19.9 Å². The zero-order valence-electron chi connectivity index (χ0n) is 8.17. The molecule has 0 atom stereocenters. The van der Waals surface area contributed by atoms with Crippen molar-refractivity contribution in [3.8, 4) is 0 Å². The third-order valence-corrected chi connectivity index (χ3v) is 1.68. The first kappa shape index (κ1) is 10.5. The van der Waals surface area contributed by atoms with Crippen LogP contribution in [-0.2, 0) is 0 Å². The Morgan fingerprint density at radius 3 is 2.64 bits per heavy atom. The molecule has 0 aliphatic carbocycles. The van der Waals surface area contributed by atoms with Crippen molar-refractivity contribution >= 4 is 11.6 Å². The second kappa shape index (κ2) is 4.09. The van der Waals surface area contributed by atoms with E-state index in [2.05, 4.69) is 5.32 Å². The predicted octanol–water partition coefficient (Wildman–Crippen LogP) is 1.55. The highest BCUT2D eigenvalue weighted by Gasteiger charge is 2.08. The van der Waals surface area contributed by atoms with Gasteiger partial charge in [0.2, 0.25) is 0 Å². The Morgan fingerprint density at radius 2 is 2.14 bits per heavy atom. The number of carbonyl (C=O) groups is 1. The predicted molar refractivity (Wildman–Crippen MR) is 53.4 cm³/mol.